The first-order chi connectivity index (χ1) is 38.0. The number of aliphatic hydroxyl groups excluding tert-OH is 7. The third kappa shape index (κ3) is 33.7. The van der Waals surface area contributed by atoms with Gasteiger partial charge in [-0.15, -0.1) is 0 Å². The minimum atomic E-state index is -3.28. The molecule has 0 saturated heterocycles. The van der Waals surface area contributed by atoms with Crippen LogP contribution in [0.5, 0.6) is 0 Å². The van der Waals surface area contributed by atoms with E-state index in [2.05, 4.69) is 4.74 Å². The van der Waals surface area contributed by atoms with Gasteiger partial charge in [0.05, 0.1) is 59.5 Å². The summed E-state index contributed by atoms with van der Waals surface area (Å²) in [5.41, 5.74) is -0.0191. The predicted molar refractivity (Wildman–Crippen MR) is 278 cm³/mol. The van der Waals surface area contributed by atoms with Crippen molar-refractivity contribution in [3.63, 3.8) is 0 Å². The molecule has 4 bridgehead atoms. The second-order valence-electron chi connectivity index (χ2n) is 17.4. The van der Waals surface area contributed by atoms with Crippen LogP contribution in [0.4, 0.5) is 0 Å². The summed E-state index contributed by atoms with van der Waals surface area (Å²) < 4.78 is 150. The van der Waals surface area contributed by atoms with Gasteiger partial charge in [-0.05, 0) is 80.5 Å². The minimum Gasteiger partial charge on any atom is -0.463 e. The summed E-state index contributed by atoms with van der Waals surface area (Å²) in [7, 11) is -14.6. The number of rotatable bonds is 36. The lowest BCUT2D eigenvalue weighted by Crippen LogP contribution is -2.26. The van der Waals surface area contributed by atoms with Crippen LogP contribution in [0.2, 0.25) is 29.2 Å². The van der Waals surface area contributed by atoms with Crippen molar-refractivity contribution >= 4 is 62.1 Å². The highest BCUT2D eigenvalue weighted by Crippen LogP contribution is 2.54. The second kappa shape index (κ2) is 43.1. The molecule has 4 saturated carbocycles. The molecule has 0 radical (unpaired) electrons. The maximum Gasteiger partial charge on any atom is 0.303 e. The Labute approximate surface area is 436 Å². The third-order valence-electron chi connectivity index (χ3n) is 11.5. The highest BCUT2D eigenvalue weighted by Gasteiger charge is 2.44. The van der Waals surface area contributed by atoms with Crippen molar-refractivity contribution in [1.82, 2.24) is 0 Å². The standard InChI is InChI=1S/2C11H22O3Si.2C8H18O4Si.C7H18O3Si/c12-4-10(13)6-14-5-9-2-8-1-7(9)3-11(8)15;12-4-9(13)6-14-5-8-1-7-2-10(8)11(15)3-7;1-7(9)12-6-8(10)5-11-3-2-4-13;1-7(10)12-8(5-9)6-11-3-2-4-13;1-9-7(5-8)6-10-3-2-4-11/h2*7-13H,1-6H2,15H3;8,10H,2-6H2,1,13H3;8-9H,2-6H2,1,13H3;7-8H,2-6H2,1,11H3/i2*15T3;2*13T3;11T3. The Bertz CT molecular complexity index is 1670. The van der Waals surface area contributed by atoms with Crippen LogP contribution in [0.1, 0.15) is 71.6 Å². The highest BCUT2D eigenvalue weighted by atomic mass is 28.2. The summed E-state index contributed by atoms with van der Waals surface area (Å²) in [4.78, 5) is 21.0. The fraction of sp³-hybridized carbons (Fsp3) is 0.956. The number of aliphatic hydroxyl groups is 7. The molecule has 22 heteroatoms. The zero-order valence-corrected chi connectivity index (χ0v) is 45.3. The largest absolute Gasteiger partial charge is 0.463 e. The van der Waals surface area contributed by atoms with Gasteiger partial charge >= 0.3 is 11.9 Å². The van der Waals surface area contributed by atoms with Crippen molar-refractivity contribution in [3.05, 3.63) is 0 Å². The Balaban J connectivity index is 0.00000100. The molecule has 0 aromatic carbocycles. The molecular formula is C45H98O17Si5. The van der Waals surface area contributed by atoms with Crippen LogP contribution in [0.3, 0.4) is 0 Å². The summed E-state index contributed by atoms with van der Waals surface area (Å²) in [6.07, 6.45) is 3.94. The summed E-state index contributed by atoms with van der Waals surface area (Å²) in [5, 5.41) is 62.5. The molecule has 7 N–H and O–H groups in total. The Morgan fingerprint density at radius 1 is 0.567 bits per heavy atom. The average Bonchev–Trinajstić information content (AvgIpc) is 4.33. The van der Waals surface area contributed by atoms with E-state index in [1.807, 2.05) is 0 Å². The molecule has 4 fully saturated rings. The van der Waals surface area contributed by atoms with Crippen LogP contribution in [0.15, 0.2) is 0 Å². The summed E-state index contributed by atoms with van der Waals surface area (Å²) in [6, 6.07) is 0.751. The van der Waals surface area contributed by atoms with Gasteiger partial charge in [-0.2, -0.15) is 0 Å². The number of esters is 2. The van der Waals surface area contributed by atoms with Crippen LogP contribution in [-0.2, 0) is 47.5 Å². The predicted octanol–water partition coefficient (Wildman–Crippen LogP) is -3.50. The van der Waals surface area contributed by atoms with Gasteiger partial charge in [0.2, 0.25) is 0 Å². The SMILES string of the molecule is [3H][Si]([3H])([3H])C1CC2CC(COCC(O)CO)C1C2.[3H][Si]([3H])([3H])C1CC2CC1CC2COCC(O)CO.[3H][Si]([3H])([3H])CCCOCC(CO)OC.[3H][Si]([3H])([3H])CCCOCC(CO)OC(C)=O.[3H][Si]([3H])([3H])CCCOCC(O)COC(C)=O. The van der Waals surface area contributed by atoms with Crippen molar-refractivity contribution in [2.75, 3.05) is 106 Å². The van der Waals surface area contributed by atoms with Crippen LogP contribution in [0.25, 0.3) is 0 Å². The van der Waals surface area contributed by atoms with Crippen molar-refractivity contribution < 1.29 is 83.2 Å². The van der Waals surface area contributed by atoms with Gasteiger partial charge in [0.25, 0.3) is 0 Å². The fourth-order valence-corrected chi connectivity index (χ4v) is 9.84. The number of fused-ring (bicyclic) bond motifs is 4. The van der Waals surface area contributed by atoms with E-state index >= 15 is 0 Å². The van der Waals surface area contributed by atoms with E-state index in [0.29, 0.717) is 100 Å². The summed E-state index contributed by atoms with van der Waals surface area (Å²) >= 11 is 0. The molecule has 13 atom stereocenters. The zero-order chi connectivity index (χ0) is 62.9. The van der Waals surface area contributed by atoms with Gasteiger partial charge in [-0.1, -0.05) is 42.1 Å². The van der Waals surface area contributed by atoms with Gasteiger partial charge in [-0.3, -0.25) is 9.59 Å². The van der Waals surface area contributed by atoms with Crippen LogP contribution >= 0.6 is 0 Å². The van der Waals surface area contributed by atoms with Crippen molar-refractivity contribution in [1.29, 1.82) is 18.5 Å². The molecule has 0 heterocycles. The average molecular weight is 1080 g/mol. The molecule has 0 aromatic heterocycles. The molecule has 67 heavy (non-hydrogen) atoms. The number of carbonyl (C=O) groups excluding carboxylic acids is 2. The molecule has 0 amide bonds. The normalized spacial score (nSPS) is 29.7. The molecule has 0 aromatic rings. The Morgan fingerprint density at radius 3 is 1.55 bits per heavy atom. The summed E-state index contributed by atoms with van der Waals surface area (Å²) in [5.74, 6) is 1.63. The van der Waals surface area contributed by atoms with E-state index in [9.17, 15) is 19.8 Å². The number of ether oxygens (including phenoxy) is 8. The van der Waals surface area contributed by atoms with Crippen molar-refractivity contribution in [3.8, 4) is 0 Å². The van der Waals surface area contributed by atoms with Gasteiger partial charge in [0.15, 0.2) is 0 Å². The maximum atomic E-state index is 10.6. The van der Waals surface area contributed by atoms with Crippen molar-refractivity contribution in [2.45, 2.75) is 131 Å². The first-order valence-electron chi connectivity index (χ1n) is 31.2. The Hall–Kier alpha value is -0.496. The van der Waals surface area contributed by atoms with Gasteiger partial charge in [0.1, 0.15) is 37.1 Å². The van der Waals surface area contributed by atoms with Crippen LogP contribution in [-0.4, -0.2) is 253 Å². The molecule has 0 spiro atoms. The van der Waals surface area contributed by atoms with E-state index in [4.69, 9.17) is 77.2 Å². The van der Waals surface area contributed by atoms with Gasteiger partial charge in [0, 0.05) is 123 Å². The molecule has 0 aliphatic heterocycles. The number of hydrogen-bond donors (Lipinski definition) is 7. The lowest BCUT2D eigenvalue weighted by molar-refractivity contribution is -0.152. The van der Waals surface area contributed by atoms with E-state index in [-0.39, 0.29) is 88.7 Å². The Morgan fingerprint density at radius 2 is 1.10 bits per heavy atom. The highest BCUT2D eigenvalue weighted by molar-refractivity contribution is 6.12. The summed E-state index contributed by atoms with van der Waals surface area (Å²) in [6.45, 7) is 4.40. The maximum absolute atomic E-state index is 10.6. The second-order valence-corrected chi connectivity index (χ2v) is 20.4. The lowest BCUT2D eigenvalue weighted by atomic mass is 9.89. The molecule has 4 aliphatic carbocycles. The van der Waals surface area contributed by atoms with E-state index < -0.39 is 86.6 Å². The molecule has 13 unspecified atom stereocenters. The zero-order valence-electron chi connectivity index (χ0n) is 55.3. The monoisotopic (exact) mass is 1080 g/mol. The number of hydrogen-bond acceptors (Lipinski definition) is 17. The molecule has 17 nitrogen and oxygen atoms in total. The molecular weight excluding hydrogens is 953 g/mol. The van der Waals surface area contributed by atoms with E-state index in [1.54, 1.807) is 0 Å². The van der Waals surface area contributed by atoms with Gasteiger partial charge < -0.3 is 73.6 Å². The fourth-order valence-electron chi connectivity index (χ4n) is 8.09. The smallest absolute Gasteiger partial charge is 0.303 e. The first-order valence-corrected chi connectivity index (χ1v) is 27.0. The minimum absolute atomic E-state index is 0.0155. The van der Waals surface area contributed by atoms with E-state index in [0.717, 1.165) is 38.5 Å². The number of carbonyl (C=O) groups is 2. The van der Waals surface area contributed by atoms with Crippen LogP contribution < -0.4 is 0 Å². The third-order valence-corrected chi connectivity index (χ3v) is 14.0. The topological polar surface area (TPSA) is 250 Å². The quantitative estimate of drug-likeness (QED) is 0.0183. The Kier molecular flexibility index (Phi) is 28.3. The lowest BCUT2D eigenvalue weighted by Gasteiger charge is -2.27. The van der Waals surface area contributed by atoms with Crippen molar-refractivity contribution in [2.24, 2.45) is 35.5 Å². The number of methoxy groups -OCH3 is 1. The van der Waals surface area contributed by atoms with Crippen LogP contribution in [0, 0.1) is 35.5 Å². The van der Waals surface area contributed by atoms with E-state index in [1.165, 1.54) is 21.0 Å². The molecule has 400 valence electrons. The molecule has 4 aliphatic rings. The first kappa shape index (κ1) is 44.0. The molecule has 4 rings (SSSR count). The van der Waals surface area contributed by atoms with Gasteiger partial charge in [-0.25, -0.2) is 0 Å².